The second-order valence-corrected chi connectivity index (χ2v) is 38.6. The summed E-state index contributed by atoms with van der Waals surface area (Å²) < 4.78 is 2.04. The molecule has 27 aromatic rings. The number of H-pyrrole nitrogens is 10. The van der Waals surface area contributed by atoms with Gasteiger partial charge in [0, 0.05) is 208 Å². The van der Waals surface area contributed by atoms with Gasteiger partial charge >= 0.3 is 0 Å². The molecule has 722 valence electrons. The van der Waals surface area contributed by atoms with E-state index in [-0.39, 0.29) is 17.4 Å². The highest BCUT2D eigenvalue weighted by atomic mass is 79.9. The summed E-state index contributed by atoms with van der Waals surface area (Å²) in [6, 6.07) is 128. The van der Waals surface area contributed by atoms with Crippen LogP contribution in [-0.2, 0) is 0 Å². The molecule has 11 heterocycles. The van der Waals surface area contributed by atoms with Crippen molar-refractivity contribution in [2.24, 2.45) is 5.84 Å². The minimum Gasteiger partial charge on any atom is -0.508 e. The lowest BCUT2D eigenvalue weighted by Gasteiger charge is -2.28. The number of rotatable bonds is 15. The number of fused-ring (bicyclic) bond motifs is 12. The number of nitrogens with zero attached hydrogens (tertiary/aromatic N) is 6. The maximum absolute atomic E-state index is 11.8. The number of halogens is 2. The molecule has 24 heteroatoms. The van der Waals surface area contributed by atoms with E-state index in [1.807, 2.05) is 158 Å². The maximum atomic E-state index is 11.8. The average Bonchev–Trinajstić information content (AvgIpc) is 1.57. The number of phenols is 2. The van der Waals surface area contributed by atoms with Crippen LogP contribution in [0.3, 0.4) is 0 Å². The standard InChI is InChI=1S/C28H26N4.C27H18BrN3.C24H17N5O.C23H16BrN3O2.C23H18N4/c1-3-9-20(10-4-1)26-27(21-13-15-22(16-14-21)32-17-7-2-8-18-32)31-28(30-26)24-19-29-25-12-6-5-11-23(24)25;28-19-13-14-24-22(15-19)23(16-29-24)27-30-25(18-8-2-1-3-9-18)26(31-27)21-12-6-10-17-7-4-5-11-20(17)21;25-29-24(30)13-9-10-16-19(12-26-20(16)11-13)23-27-21-17-7-3-1-5-14(17)15-6-2-4-8-18(15)22(21)28-23;24-15-5-10-20-18(11-15)19(12-25-20)23-26-21(13-1-6-16(28)7-2-13)22(27-23)14-3-8-17(29)9-4-14;24-17-12-10-16(11-13-17)22-21(15-6-2-1-3-7-15)26-23(27-22)19-14-25-20-9-5-4-8-18(19)20/h1,3-6,9-16,19,29H,2,7-8,17-18H2,(H,30,31);1-16,29H,(H,30,31);1-12,26H,25H2,(H,27,28)(H,29,30);1-12,25,28-29H,(H,26,27);1-14,25H,24H2,(H,26,27). The third kappa shape index (κ3) is 18.5. The molecule has 1 aliphatic heterocycles. The van der Waals surface area contributed by atoms with Crippen molar-refractivity contribution in [3.63, 3.8) is 0 Å². The van der Waals surface area contributed by atoms with Gasteiger partial charge in [-0.3, -0.25) is 10.2 Å². The van der Waals surface area contributed by atoms with Crippen LogP contribution in [0.25, 0.3) is 245 Å². The van der Waals surface area contributed by atoms with Crippen molar-refractivity contribution in [2.45, 2.75) is 19.3 Å². The number of hydrogen-bond acceptors (Lipinski definition) is 11. The number of nitrogens with two attached hydrogens (primary N) is 2. The molecule has 1 saturated heterocycles. The van der Waals surface area contributed by atoms with Gasteiger partial charge < -0.3 is 70.7 Å². The Balaban J connectivity index is 0.0000000994. The number of aromatic hydroxyl groups is 2. The van der Waals surface area contributed by atoms with Gasteiger partial charge in [-0.05, 0) is 174 Å². The van der Waals surface area contributed by atoms with Crippen molar-refractivity contribution >= 4 is 147 Å². The molecular formula is C125H95Br2N19O3. The Morgan fingerprint density at radius 3 is 1.15 bits per heavy atom. The first-order chi connectivity index (χ1) is 73.3. The van der Waals surface area contributed by atoms with Gasteiger partial charge in [-0.25, -0.2) is 30.8 Å². The fourth-order valence-corrected chi connectivity index (χ4v) is 20.9. The normalized spacial score (nSPS) is 12.0. The monoisotopic (exact) mass is 2070 g/mol. The van der Waals surface area contributed by atoms with Crippen LogP contribution in [-0.4, -0.2) is 104 Å². The first-order valence-electron chi connectivity index (χ1n) is 49.2. The van der Waals surface area contributed by atoms with Crippen molar-refractivity contribution in [3.05, 3.63) is 428 Å². The Bertz CT molecular complexity index is 9440. The number of hydrazine groups is 1. The lowest BCUT2D eigenvalue weighted by atomic mass is 9.99. The number of para-hydroxylation sites is 2. The molecule has 0 radical (unpaired) electrons. The molecule has 22 nitrogen and oxygen atoms in total. The van der Waals surface area contributed by atoms with E-state index in [0.717, 1.165) is 246 Å². The second kappa shape index (κ2) is 40.4. The number of piperidine rings is 1. The van der Waals surface area contributed by atoms with Crippen molar-refractivity contribution < 1.29 is 15.0 Å². The molecule has 28 rings (SSSR count). The van der Waals surface area contributed by atoms with Crippen LogP contribution in [0.15, 0.2) is 422 Å². The number of carbonyl (C=O) groups is 1. The molecule has 17 N–H and O–H groups in total. The molecule has 149 heavy (non-hydrogen) atoms. The number of amides is 1. The molecule has 1 aliphatic rings. The average molecular weight is 2070 g/mol. The largest absolute Gasteiger partial charge is 0.508 e. The molecule has 0 unspecified atom stereocenters. The summed E-state index contributed by atoms with van der Waals surface area (Å²) in [6.07, 6.45) is 13.8. The van der Waals surface area contributed by atoms with Crippen molar-refractivity contribution in [1.29, 1.82) is 0 Å². The first-order valence-corrected chi connectivity index (χ1v) is 50.8. The summed E-state index contributed by atoms with van der Waals surface area (Å²) in [4.78, 5) is 73.8. The van der Waals surface area contributed by atoms with Crippen LogP contribution >= 0.6 is 31.9 Å². The highest BCUT2D eigenvalue weighted by Crippen LogP contribution is 2.46. The third-order valence-electron chi connectivity index (χ3n) is 27.6. The van der Waals surface area contributed by atoms with E-state index < -0.39 is 0 Å². The van der Waals surface area contributed by atoms with E-state index in [1.165, 1.54) is 51.9 Å². The summed E-state index contributed by atoms with van der Waals surface area (Å²) in [7, 11) is 0. The predicted molar refractivity (Wildman–Crippen MR) is 614 cm³/mol. The molecule has 0 bridgehead atoms. The molecule has 0 aliphatic carbocycles. The number of carbonyl (C=O) groups excluding carboxylic acids is 1. The first kappa shape index (κ1) is 92.5. The van der Waals surface area contributed by atoms with E-state index in [2.05, 4.69) is 310 Å². The van der Waals surface area contributed by atoms with E-state index in [4.69, 9.17) is 36.5 Å². The van der Waals surface area contributed by atoms with E-state index >= 15 is 0 Å². The van der Waals surface area contributed by atoms with Gasteiger partial charge in [-0.1, -0.05) is 281 Å². The zero-order valence-corrected chi connectivity index (χ0v) is 83.4. The van der Waals surface area contributed by atoms with Gasteiger partial charge in [-0.2, -0.15) is 0 Å². The minimum atomic E-state index is -0.324. The highest BCUT2D eigenvalue weighted by molar-refractivity contribution is 9.10. The minimum absolute atomic E-state index is 0.206. The van der Waals surface area contributed by atoms with Gasteiger partial charge in [0.05, 0.1) is 56.6 Å². The number of benzene rings is 17. The van der Waals surface area contributed by atoms with Crippen LogP contribution in [0.2, 0.25) is 0 Å². The molecule has 17 aromatic carbocycles. The van der Waals surface area contributed by atoms with Crippen LogP contribution in [0, 0.1) is 0 Å². The van der Waals surface area contributed by atoms with Crippen LogP contribution in [0.4, 0.5) is 11.4 Å². The van der Waals surface area contributed by atoms with E-state index in [9.17, 15) is 15.0 Å². The molecule has 10 aromatic heterocycles. The van der Waals surface area contributed by atoms with E-state index in [1.54, 1.807) is 36.4 Å². The zero-order valence-electron chi connectivity index (χ0n) is 80.2. The summed E-state index contributed by atoms with van der Waals surface area (Å²) in [5, 5.41) is 31.9. The fraction of sp³-hybridized carbons (Fsp3) is 0.0400. The van der Waals surface area contributed by atoms with Crippen molar-refractivity contribution in [2.75, 3.05) is 23.7 Å². The molecule has 1 amide bonds. The Morgan fingerprint density at radius 2 is 0.658 bits per heavy atom. The summed E-state index contributed by atoms with van der Waals surface area (Å²) in [5.74, 6) is 9.45. The summed E-state index contributed by atoms with van der Waals surface area (Å²) in [6.45, 7) is 2.31. The Kier molecular flexibility index (Phi) is 25.1. The smallest absolute Gasteiger partial charge is 0.265 e. The number of aromatic amines is 10. The Labute approximate surface area is 870 Å². The number of anilines is 2. The maximum Gasteiger partial charge on any atom is 0.265 e. The second-order valence-electron chi connectivity index (χ2n) is 36.8. The Morgan fingerprint density at radius 1 is 0.295 bits per heavy atom. The van der Waals surface area contributed by atoms with Gasteiger partial charge in [0.1, 0.15) is 40.6 Å². The number of nitrogens with one attached hydrogen (secondary N) is 11. The predicted octanol–water partition coefficient (Wildman–Crippen LogP) is 30.9. The summed E-state index contributed by atoms with van der Waals surface area (Å²) in [5.41, 5.74) is 38.9. The number of hydrogen-bond donors (Lipinski definition) is 15. The fourth-order valence-electron chi connectivity index (χ4n) is 20.2. The SMILES string of the molecule is Brc1ccc2[nH]cc(-c3nc(-c4ccccc4)c(-c4cccc5ccccc45)[nH]3)c2c1.NNC(=O)c1ccc2c(-c3nc4c5ccccc5c5ccccc5c4[nH]3)c[nH]c2c1.Nc1ccc(-c2[nH]c(-c3c[nH]c4ccccc34)nc2-c2ccccc2)cc1.Oc1ccc(-c2nc(-c3c[nH]c4ccc(Br)cc34)[nH]c2-c2ccc(O)cc2)cc1.c1ccc(-c2nc(-c3c[nH]c4ccccc34)[nH]c2-c2ccc(N3CCCCC3)cc2)cc1. The molecule has 0 spiro atoms. The lowest BCUT2D eigenvalue weighted by molar-refractivity contribution is 0.0953. The third-order valence-corrected chi connectivity index (χ3v) is 28.6. The number of imidazole rings is 5. The van der Waals surface area contributed by atoms with Gasteiger partial charge in [0.25, 0.3) is 5.91 Å². The van der Waals surface area contributed by atoms with Crippen LogP contribution in [0.5, 0.6) is 11.5 Å². The topological polar surface area (TPSA) is 347 Å². The van der Waals surface area contributed by atoms with Crippen LogP contribution < -0.4 is 21.9 Å². The molecule has 1 fully saturated rings. The summed E-state index contributed by atoms with van der Waals surface area (Å²) >= 11 is 7.14. The highest BCUT2D eigenvalue weighted by Gasteiger charge is 2.26. The number of phenolic OH excluding ortho intramolecular Hbond substituents is 2. The van der Waals surface area contributed by atoms with E-state index in [0.29, 0.717) is 5.56 Å². The molecule has 0 atom stereocenters. The lowest BCUT2D eigenvalue weighted by Crippen LogP contribution is -2.29. The molecule has 0 saturated carbocycles. The van der Waals surface area contributed by atoms with Gasteiger partial charge in [0.15, 0.2) is 0 Å². The van der Waals surface area contributed by atoms with Crippen molar-refractivity contribution in [3.8, 4) is 158 Å². The zero-order chi connectivity index (χ0) is 101. The van der Waals surface area contributed by atoms with Gasteiger partial charge in [0.2, 0.25) is 0 Å². The quantitative estimate of drug-likeness (QED) is 0.0150. The Hall–Kier alpha value is -18.9. The van der Waals surface area contributed by atoms with Crippen LogP contribution in [0.1, 0.15) is 29.6 Å². The van der Waals surface area contributed by atoms with Gasteiger partial charge in [-0.15, -0.1) is 0 Å². The number of aromatic nitrogens is 15. The number of nitrogen functional groups attached to an aromatic ring is 2. The van der Waals surface area contributed by atoms with Crippen molar-refractivity contribution in [1.82, 2.24) is 80.2 Å². The molecular weight excluding hydrogens is 1980 g/mol.